The van der Waals surface area contributed by atoms with E-state index in [1.165, 1.54) is 0 Å². The zero-order valence-electron chi connectivity index (χ0n) is 9.62. The normalized spacial score (nSPS) is 10.5. The Kier molecular flexibility index (Phi) is 3.33. The minimum atomic E-state index is 0.537. The highest BCUT2D eigenvalue weighted by Crippen LogP contribution is 2.27. The molecule has 2 aromatic rings. The fraction of sp³-hybridized carbons (Fsp3) is 0.273. The molecule has 0 aromatic carbocycles. The predicted octanol–water partition coefficient (Wildman–Crippen LogP) is 2.64. The first kappa shape index (κ1) is 11.9. The van der Waals surface area contributed by atoms with Gasteiger partial charge in [-0.15, -0.1) is 0 Å². The van der Waals surface area contributed by atoms with Crippen molar-refractivity contribution in [3.05, 3.63) is 33.8 Å². The maximum Gasteiger partial charge on any atom is 0.156 e. The van der Waals surface area contributed by atoms with Gasteiger partial charge in [0.05, 0.1) is 28.6 Å². The molecule has 0 aliphatic heterocycles. The third-order valence-electron chi connectivity index (χ3n) is 2.41. The number of rotatable bonds is 3. The minimum absolute atomic E-state index is 0.537. The van der Waals surface area contributed by atoms with Crippen LogP contribution in [0.5, 0.6) is 0 Å². The second-order valence-electron chi connectivity index (χ2n) is 3.79. The van der Waals surface area contributed by atoms with Crippen molar-refractivity contribution in [1.82, 2.24) is 10.1 Å². The molecule has 3 N–H and O–H groups in total. The van der Waals surface area contributed by atoms with Crippen molar-refractivity contribution in [2.45, 2.75) is 20.4 Å². The molecule has 0 spiro atoms. The first-order valence-corrected chi connectivity index (χ1v) is 5.94. The smallest absolute Gasteiger partial charge is 0.156 e. The number of hydrogen-bond donors (Lipinski definition) is 2. The molecule has 0 aliphatic rings. The Morgan fingerprint density at radius 3 is 2.88 bits per heavy atom. The van der Waals surface area contributed by atoms with Crippen molar-refractivity contribution < 1.29 is 4.52 Å². The molecule has 0 saturated carbocycles. The number of nitrogens with one attached hydrogen (secondary N) is 1. The zero-order valence-corrected chi connectivity index (χ0v) is 11.2. The summed E-state index contributed by atoms with van der Waals surface area (Å²) in [6.07, 6.45) is 1.63. The molecular formula is C11H13BrN4O. The average molecular weight is 297 g/mol. The van der Waals surface area contributed by atoms with Crippen LogP contribution >= 0.6 is 15.9 Å². The second kappa shape index (κ2) is 4.75. The molecule has 17 heavy (non-hydrogen) atoms. The van der Waals surface area contributed by atoms with E-state index in [4.69, 9.17) is 10.3 Å². The molecule has 2 heterocycles. The Labute approximate surface area is 108 Å². The first-order valence-electron chi connectivity index (χ1n) is 5.14. The summed E-state index contributed by atoms with van der Waals surface area (Å²) in [4.78, 5) is 4.22. The van der Waals surface area contributed by atoms with Crippen molar-refractivity contribution in [3.63, 3.8) is 0 Å². The van der Waals surface area contributed by atoms with E-state index in [1.54, 1.807) is 6.20 Å². The average Bonchev–Trinajstić information content (AvgIpc) is 2.71. The van der Waals surface area contributed by atoms with Gasteiger partial charge < -0.3 is 15.6 Å². The summed E-state index contributed by atoms with van der Waals surface area (Å²) in [5.74, 6) is 1.51. The van der Waals surface area contributed by atoms with E-state index in [9.17, 15) is 0 Å². The summed E-state index contributed by atoms with van der Waals surface area (Å²) in [7, 11) is 0. The van der Waals surface area contributed by atoms with Gasteiger partial charge in [0.15, 0.2) is 5.76 Å². The molecule has 2 aromatic heterocycles. The molecule has 0 atom stereocenters. The van der Waals surface area contributed by atoms with Crippen LogP contribution in [-0.4, -0.2) is 10.1 Å². The van der Waals surface area contributed by atoms with Crippen LogP contribution in [0.25, 0.3) is 0 Å². The van der Waals surface area contributed by atoms with E-state index < -0.39 is 0 Å². The van der Waals surface area contributed by atoms with Crippen LogP contribution in [0, 0.1) is 13.8 Å². The van der Waals surface area contributed by atoms with Gasteiger partial charge in [0.2, 0.25) is 0 Å². The summed E-state index contributed by atoms with van der Waals surface area (Å²) in [5, 5.41) is 6.98. The van der Waals surface area contributed by atoms with Crippen LogP contribution in [0.15, 0.2) is 21.3 Å². The van der Waals surface area contributed by atoms with E-state index >= 15 is 0 Å². The molecule has 0 saturated heterocycles. The quantitative estimate of drug-likeness (QED) is 0.910. The number of aryl methyl sites for hydroxylation is 1. The molecule has 0 fully saturated rings. The Bertz CT molecular complexity index is 538. The maximum absolute atomic E-state index is 5.75. The van der Waals surface area contributed by atoms with Crippen LogP contribution in [0.1, 0.15) is 17.0 Å². The predicted molar refractivity (Wildman–Crippen MR) is 69.7 cm³/mol. The summed E-state index contributed by atoms with van der Waals surface area (Å²) >= 11 is 3.46. The van der Waals surface area contributed by atoms with E-state index in [2.05, 4.69) is 31.4 Å². The van der Waals surface area contributed by atoms with Gasteiger partial charge >= 0.3 is 0 Å². The Morgan fingerprint density at radius 2 is 2.24 bits per heavy atom. The number of halogens is 1. The van der Waals surface area contributed by atoms with Gasteiger partial charge in [0.1, 0.15) is 5.82 Å². The third-order valence-corrected chi connectivity index (χ3v) is 3.38. The summed E-state index contributed by atoms with van der Waals surface area (Å²) in [5.41, 5.74) is 8.25. The van der Waals surface area contributed by atoms with Crippen LogP contribution in [0.4, 0.5) is 11.5 Å². The molecule has 0 radical (unpaired) electrons. The van der Waals surface area contributed by atoms with Crippen molar-refractivity contribution in [3.8, 4) is 0 Å². The number of anilines is 2. The summed E-state index contributed by atoms with van der Waals surface area (Å²) in [6.45, 7) is 4.36. The van der Waals surface area contributed by atoms with E-state index in [0.29, 0.717) is 12.2 Å². The molecular weight excluding hydrogens is 284 g/mol. The molecule has 6 heteroatoms. The number of nitrogens with zero attached hydrogens (tertiary/aromatic N) is 2. The molecule has 0 bridgehead atoms. The van der Waals surface area contributed by atoms with Gasteiger partial charge in [0.25, 0.3) is 0 Å². The Balaban J connectivity index is 2.12. The van der Waals surface area contributed by atoms with Crippen molar-refractivity contribution >= 4 is 27.4 Å². The molecule has 0 aliphatic carbocycles. The SMILES string of the molecule is Cc1cc(CNc2ncc(N)c(C)c2Br)on1. The first-order chi connectivity index (χ1) is 8.08. The van der Waals surface area contributed by atoms with Gasteiger partial charge in [0, 0.05) is 6.07 Å². The lowest BCUT2D eigenvalue weighted by Crippen LogP contribution is -2.03. The van der Waals surface area contributed by atoms with Gasteiger partial charge in [-0.25, -0.2) is 4.98 Å². The maximum atomic E-state index is 5.75. The number of nitrogen functional groups attached to an aromatic ring is 1. The fourth-order valence-electron chi connectivity index (χ4n) is 1.39. The lowest BCUT2D eigenvalue weighted by molar-refractivity contribution is 0.384. The van der Waals surface area contributed by atoms with Gasteiger partial charge in [-0.3, -0.25) is 0 Å². The number of nitrogens with two attached hydrogens (primary N) is 1. The van der Waals surface area contributed by atoms with Crippen molar-refractivity contribution in [2.24, 2.45) is 0 Å². The summed E-state index contributed by atoms with van der Waals surface area (Å²) < 4.78 is 5.97. The number of hydrogen-bond acceptors (Lipinski definition) is 5. The highest BCUT2D eigenvalue weighted by Gasteiger charge is 2.08. The molecule has 2 rings (SSSR count). The van der Waals surface area contributed by atoms with Crippen LogP contribution in [-0.2, 0) is 6.54 Å². The third kappa shape index (κ3) is 2.58. The van der Waals surface area contributed by atoms with Crippen LogP contribution < -0.4 is 11.1 Å². The van der Waals surface area contributed by atoms with Gasteiger partial charge in [-0.2, -0.15) is 0 Å². The van der Waals surface area contributed by atoms with Gasteiger partial charge in [-0.05, 0) is 35.3 Å². The van der Waals surface area contributed by atoms with Crippen LogP contribution in [0.3, 0.4) is 0 Å². The monoisotopic (exact) mass is 296 g/mol. The number of aromatic nitrogens is 2. The fourth-order valence-corrected chi connectivity index (χ4v) is 1.86. The minimum Gasteiger partial charge on any atom is -0.397 e. The van der Waals surface area contributed by atoms with Crippen molar-refractivity contribution in [2.75, 3.05) is 11.1 Å². The highest BCUT2D eigenvalue weighted by molar-refractivity contribution is 9.10. The van der Waals surface area contributed by atoms with E-state index in [-0.39, 0.29) is 0 Å². The Hall–Kier alpha value is -1.56. The largest absolute Gasteiger partial charge is 0.397 e. The number of pyridine rings is 1. The topological polar surface area (TPSA) is 77.0 Å². The molecule has 5 nitrogen and oxygen atoms in total. The molecule has 90 valence electrons. The van der Waals surface area contributed by atoms with Crippen molar-refractivity contribution in [1.29, 1.82) is 0 Å². The second-order valence-corrected chi connectivity index (χ2v) is 4.58. The molecule has 0 unspecified atom stereocenters. The lowest BCUT2D eigenvalue weighted by Gasteiger charge is -2.09. The van der Waals surface area contributed by atoms with E-state index in [1.807, 2.05) is 19.9 Å². The lowest BCUT2D eigenvalue weighted by atomic mass is 10.2. The molecule has 0 amide bonds. The summed E-state index contributed by atoms with van der Waals surface area (Å²) in [6, 6.07) is 1.88. The van der Waals surface area contributed by atoms with Gasteiger partial charge in [-0.1, -0.05) is 5.16 Å². The van der Waals surface area contributed by atoms with Crippen LogP contribution in [0.2, 0.25) is 0 Å². The Morgan fingerprint density at radius 1 is 1.47 bits per heavy atom. The zero-order chi connectivity index (χ0) is 12.4. The highest BCUT2D eigenvalue weighted by atomic mass is 79.9. The standard InChI is InChI=1S/C11H13BrN4O/c1-6-3-8(17-16-6)4-14-11-10(12)7(2)9(13)5-15-11/h3,5H,4,13H2,1-2H3,(H,14,15). The van der Waals surface area contributed by atoms with E-state index in [0.717, 1.165) is 27.3 Å².